The van der Waals surface area contributed by atoms with Crippen LogP contribution in [0.25, 0.3) is 20.7 Å². The fraction of sp³-hybridized carbons (Fsp3) is 0.289. The van der Waals surface area contributed by atoms with E-state index in [1.165, 1.54) is 47.7 Å². The predicted octanol–water partition coefficient (Wildman–Crippen LogP) is 7.16. The summed E-state index contributed by atoms with van der Waals surface area (Å²) in [7, 11) is 1.64. The van der Waals surface area contributed by atoms with Crippen molar-refractivity contribution >= 4 is 44.7 Å². The number of pyridine rings is 1. The number of hydrogen-bond donors (Lipinski definition) is 3. The third-order valence-corrected chi connectivity index (χ3v) is 9.49. The highest BCUT2D eigenvalue weighted by atomic mass is 32.1. The fourth-order valence-electron chi connectivity index (χ4n) is 5.26. The van der Waals surface area contributed by atoms with E-state index in [0.29, 0.717) is 63.9 Å². The van der Waals surface area contributed by atoms with E-state index in [1.807, 2.05) is 6.07 Å². The van der Waals surface area contributed by atoms with E-state index < -0.39 is 28.9 Å². The molecule has 2 aromatic heterocycles. The molecule has 5 aromatic rings. The van der Waals surface area contributed by atoms with Gasteiger partial charge in [-0.3, -0.25) is 14.6 Å². The summed E-state index contributed by atoms with van der Waals surface area (Å²) in [5.74, 6) is -1.73. The number of carbonyl (C=O) groups excluding carboxylic acids is 2. The Labute approximate surface area is 298 Å². The van der Waals surface area contributed by atoms with Crippen molar-refractivity contribution in [1.29, 1.82) is 0 Å². The molecule has 6 rings (SSSR count). The Hall–Kier alpha value is -4.79. The number of halogens is 2. The molecule has 0 saturated heterocycles. The number of rotatable bonds is 18. The maximum Gasteiger partial charge on any atom is 0.240 e. The zero-order chi connectivity index (χ0) is 35.6. The SMILES string of the molecule is COCCOCCOCCNCc1ccc(-c2cc3nccc(Oc4ccc(NC(=O)C5(C(=O)Nc6ccc(F)cc6)CC5)cc4F)c3s2)cc1. The van der Waals surface area contributed by atoms with Crippen LogP contribution in [-0.4, -0.2) is 63.5 Å². The Balaban J connectivity index is 1.02. The highest BCUT2D eigenvalue weighted by Gasteiger charge is 2.56. The number of benzene rings is 3. The molecule has 0 radical (unpaired) electrons. The van der Waals surface area contributed by atoms with Crippen molar-refractivity contribution in [2.75, 3.05) is 57.3 Å². The predicted molar refractivity (Wildman–Crippen MR) is 192 cm³/mol. The van der Waals surface area contributed by atoms with Crippen LogP contribution >= 0.6 is 11.3 Å². The molecule has 1 saturated carbocycles. The Morgan fingerprint density at radius 1 is 0.804 bits per heavy atom. The van der Waals surface area contributed by atoms with Crippen LogP contribution < -0.4 is 20.7 Å². The summed E-state index contributed by atoms with van der Waals surface area (Å²) in [6.45, 7) is 4.26. The Bertz CT molecular complexity index is 1950. The lowest BCUT2D eigenvalue weighted by Gasteiger charge is -2.16. The molecule has 0 aliphatic heterocycles. The molecular formula is C38H38F2N4O6S. The van der Waals surface area contributed by atoms with Gasteiger partial charge in [0.2, 0.25) is 11.8 Å². The summed E-state index contributed by atoms with van der Waals surface area (Å²) in [5, 5.41) is 8.69. The highest BCUT2D eigenvalue weighted by molar-refractivity contribution is 7.22. The van der Waals surface area contributed by atoms with Crippen LogP contribution in [0.1, 0.15) is 18.4 Å². The van der Waals surface area contributed by atoms with Crippen molar-refractivity contribution in [1.82, 2.24) is 10.3 Å². The van der Waals surface area contributed by atoms with Crippen molar-refractivity contribution in [3.8, 4) is 21.9 Å². The normalized spacial score (nSPS) is 13.2. The first-order valence-electron chi connectivity index (χ1n) is 16.5. The van der Waals surface area contributed by atoms with Gasteiger partial charge in [0.25, 0.3) is 0 Å². The van der Waals surface area contributed by atoms with Gasteiger partial charge in [-0.1, -0.05) is 24.3 Å². The molecule has 0 unspecified atom stereocenters. The number of aromatic nitrogens is 1. The molecular weight excluding hydrogens is 679 g/mol. The summed E-state index contributed by atoms with van der Waals surface area (Å²) >= 11 is 1.50. The molecule has 1 fully saturated rings. The zero-order valence-corrected chi connectivity index (χ0v) is 28.8. The Kier molecular flexibility index (Phi) is 12.0. The van der Waals surface area contributed by atoms with Gasteiger partial charge >= 0.3 is 0 Å². The van der Waals surface area contributed by atoms with Crippen LogP contribution in [0.5, 0.6) is 11.5 Å². The van der Waals surface area contributed by atoms with Gasteiger partial charge in [0.15, 0.2) is 11.6 Å². The van der Waals surface area contributed by atoms with Gasteiger partial charge in [0.05, 0.1) is 43.3 Å². The molecule has 51 heavy (non-hydrogen) atoms. The number of carbonyl (C=O) groups is 2. The topological polar surface area (TPSA) is 120 Å². The van der Waals surface area contributed by atoms with Crippen LogP contribution in [0.3, 0.4) is 0 Å². The standard InChI is InChI=1S/C38H38F2N4O6S/c1-47-18-19-49-21-20-48-17-16-41-24-25-2-4-26(5-3-25)34-23-31-35(51-34)33(12-15-42-31)50-32-11-10-29(22-30(32)40)44-37(46)38(13-14-38)36(45)43-28-8-6-27(39)7-9-28/h2-12,15,22-23,41H,13-14,16-21,24H2,1H3,(H,43,45)(H,44,46). The number of anilines is 2. The highest BCUT2D eigenvalue weighted by Crippen LogP contribution is 2.48. The molecule has 0 bridgehead atoms. The minimum Gasteiger partial charge on any atom is -0.453 e. The number of hydrogen-bond acceptors (Lipinski definition) is 9. The number of methoxy groups -OCH3 is 1. The fourth-order valence-corrected chi connectivity index (χ4v) is 6.33. The van der Waals surface area contributed by atoms with E-state index in [1.54, 1.807) is 19.4 Å². The first kappa shape index (κ1) is 36.0. The molecule has 10 nitrogen and oxygen atoms in total. The number of nitrogens with one attached hydrogen (secondary N) is 3. The lowest BCUT2D eigenvalue weighted by molar-refractivity contribution is -0.131. The van der Waals surface area contributed by atoms with E-state index in [-0.39, 0.29) is 11.4 Å². The van der Waals surface area contributed by atoms with E-state index >= 15 is 4.39 Å². The van der Waals surface area contributed by atoms with E-state index in [0.717, 1.165) is 38.8 Å². The first-order chi connectivity index (χ1) is 24.8. The lowest BCUT2D eigenvalue weighted by atomic mass is 10.0. The molecule has 2 amide bonds. The van der Waals surface area contributed by atoms with E-state index in [2.05, 4.69) is 45.2 Å². The van der Waals surface area contributed by atoms with Crippen LogP contribution in [-0.2, 0) is 30.3 Å². The summed E-state index contributed by atoms with van der Waals surface area (Å²) < 4.78 is 51.2. The minimum atomic E-state index is -1.27. The summed E-state index contributed by atoms with van der Waals surface area (Å²) in [4.78, 5) is 31.4. The van der Waals surface area contributed by atoms with E-state index in [4.69, 9.17) is 18.9 Å². The Morgan fingerprint density at radius 3 is 2.20 bits per heavy atom. The number of ether oxygens (including phenoxy) is 4. The third kappa shape index (κ3) is 9.31. The maximum atomic E-state index is 15.3. The average Bonchev–Trinajstić information content (AvgIpc) is 3.84. The van der Waals surface area contributed by atoms with Crippen LogP contribution in [0.15, 0.2) is 85.1 Å². The minimum absolute atomic E-state index is 0.0247. The molecule has 1 aliphatic carbocycles. The van der Waals surface area contributed by atoms with Crippen LogP contribution in [0, 0.1) is 17.0 Å². The molecule has 0 atom stereocenters. The van der Waals surface area contributed by atoms with Crippen molar-refractivity contribution in [3.63, 3.8) is 0 Å². The number of nitrogens with zero attached hydrogens (tertiary/aromatic N) is 1. The van der Waals surface area contributed by atoms with Crippen molar-refractivity contribution < 1.29 is 37.3 Å². The first-order valence-corrected chi connectivity index (χ1v) is 17.4. The summed E-state index contributed by atoms with van der Waals surface area (Å²) in [6, 6.07) is 21.3. The largest absolute Gasteiger partial charge is 0.453 e. The van der Waals surface area contributed by atoms with Gasteiger partial charge in [0, 0.05) is 54.8 Å². The quantitative estimate of drug-likeness (QED) is 0.0646. The molecule has 13 heteroatoms. The summed E-state index contributed by atoms with van der Waals surface area (Å²) in [6.07, 6.45) is 2.31. The Morgan fingerprint density at radius 2 is 1.49 bits per heavy atom. The van der Waals surface area contributed by atoms with Gasteiger partial charge in [-0.15, -0.1) is 11.3 Å². The molecule has 3 aromatic carbocycles. The molecule has 2 heterocycles. The van der Waals surface area contributed by atoms with E-state index in [9.17, 15) is 14.0 Å². The zero-order valence-electron chi connectivity index (χ0n) is 28.0. The van der Waals surface area contributed by atoms with Crippen LogP contribution in [0.4, 0.5) is 20.2 Å². The number of amides is 2. The average molecular weight is 717 g/mol. The van der Waals surface area contributed by atoms with Gasteiger partial charge < -0.3 is 34.9 Å². The van der Waals surface area contributed by atoms with Gasteiger partial charge in [-0.05, 0) is 66.4 Å². The van der Waals surface area contributed by atoms with Gasteiger partial charge in [-0.25, -0.2) is 8.78 Å². The van der Waals surface area contributed by atoms with Crippen molar-refractivity contribution in [3.05, 3.63) is 102 Å². The second-order valence-corrected chi connectivity index (χ2v) is 13.0. The number of fused-ring (bicyclic) bond motifs is 1. The van der Waals surface area contributed by atoms with Gasteiger partial charge in [-0.2, -0.15) is 0 Å². The smallest absolute Gasteiger partial charge is 0.240 e. The summed E-state index contributed by atoms with van der Waals surface area (Å²) in [5.41, 5.74) is 2.19. The van der Waals surface area contributed by atoms with Crippen LogP contribution in [0.2, 0.25) is 0 Å². The second-order valence-electron chi connectivity index (χ2n) is 12.0. The van der Waals surface area contributed by atoms with Crippen molar-refractivity contribution in [2.45, 2.75) is 19.4 Å². The lowest BCUT2D eigenvalue weighted by Crippen LogP contribution is -2.35. The van der Waals surface area contributed by atoms with Crippen molar-refractivity contribution in [2.24, 2.45) is 5.41 Å². The molecule has 3 N–H and O–H groups in total. The monoisotopic (exact) mass is 716 g/mol. The molecule has 0 spiro atoms. The number of thiophene rings is 1. The maximum absolute atomic E-state index is 15.3. The third-order valence-electron chi connectivity index (χ3n) is 8.30. The van der Waals surface area contributed by atoms with Gasteiger partial charge in [0.1, 0.15) is 17.0 Å². The second kappa shape index (κ2) is 16.9. The molecule has 266 valence electrons. The molecule has 1 aliphatic rings.